The SMILES string of the molecule is O=C1[C@@H]2[C@@H](C(=O)N1c1ccccc1Br)N1CCCN1[C@H]2c1ccc(Cl)cc1. The van der Waals surface area contributed by atoms with Crippen molar-refractivity contribution in [3.05, 3.63) is 63.6 Å². The number of hydrogen-bond acceptors (Lipinski definition) is 4. The molecule has 0 unspecified atom stereocenters. The molecule has 3 fully saturated rings. The number of halogens is 2. The molecule has 3 aliphatic rings. The third-order valence-electron chi connectivity index (χ3n) is 5.71. The number of hydrogen-bond donors (Lipinski definition) is 0. The minimum atomic E-state index is -0.437. The van der Waals surface area contributed by atoms with E-state index >= 15 is 0 Å². The summed E-state index contributed by atoms with van der Waals surface area (Å²) in [5.41, 5.74) is 1.64. The van der Waals surface area contributed by atoms with Crippen LogP contribution in [0.2, 0.25) is 5.02 Å². The second kappa shape index (κ2) is 6.41. The van der Waals surface area contributed by atoms with Crippen molar-refractivity contribution >= 4 is 45.0 Å². The van der Waals surface area contributed by atoms with Crippen LogP contribution in [0.4, 0.5) is 5.69 Å². The van der Waals surface area contributed by atoms with Crippen molar-refractivity contribution in [1.82, 2.24) is 10.0 Å². The molecule has 5 nitrogen and oxygen atoms in total. The average molecular weight is 447 g/mol. The Balaban J connectivity index is 1.60. The summed E-state index contributed by atoms with van der Waals surface area (Å²) in [6.45, 7) is 1.66. The van der Waals surface area contributed by atoms with Crippen molar-refractivity contribution in [3.8, 4) is 0 Å². The third-order valence-corrected chi connectivity index (χ3v) is 6.63. The zero-order valence-corrected chi connectivity index (χ0v) is 16.7. The van der Waals surface area contributed by atoms with Gasteiger partial charge in [0.05, 0.1) is 17.6 Å². The molecule has 0 aromatic heterocycles. The Morgan fingerprint density at radius 3 is 2.26 bits per heavy atom. The number of anilines is 1. The number of carbonyl (C=O) groups is 2. The van der Waals surface area contributed by atoms with Gasteiger partial charge >= 0.3 is 0 Å². The fraction of sp³-hybridized carbons (Fsp3) is 0.300. The normalized spacial score (nSPS) is 28.1. The maximum absolute atomic E-state index is 13.4. The number of rotatable bonds is 2. The van der Waals surface area contributed by atoms with E-state index in [-0.39, 0.29) is 17.9 Å². The van der Waals surface area contributed by atoms with Crippen molar-refractivity contribution in [2.75, 3.05) is 18.0 Å². The molecule has 0 aliphatic carbocycles. The first kappa shape index (κ1) is 17.4. The fourth-order valence-electron chi connectivity index (χ4n) is 4.64. The Labute approximate surface area is 170 Å². The Hall–Kier alpha value is -1.73. The predicted octanol–water partition coefficient (Wildman–Crippen LogP) is 3.64. The van der Waals surface area contributed by atoms with Crippen LogP contribution in [0.15, 0.2) is 53.0 Å². The van der Waals surface area contributed by atoms with E-state index in [1.54, 1.807) is 6.07 Å². The van der Waals surface area contributed by atoms with Crippen LogP contribution in [0.1, 0.15) is 18.0 Å². The van der Waals surface area contributed by atoms with Gasteiger partial charge in [-0.2, -0.15) is 0 Å². The smallest absolute Gasteiger partial charge is 0.253 e. The van der Waals surface area contributed by atoms with Crippen molar-refractivity contribution < 1.29 is 9.59 Å². The van der Waals surface area contributed by atoms with E-state index < -0.39 is 12.0 Å². The summed E-state index contributed by atoms with van der Waals surface area (Å²) in [4.78, 5) is 28.1. The third kappa shape index (κ3) is 2.51. The second-order valence-electron chi connectivity index (χ2n) is 7.11. The number of fused-ring (bicyclic) bond motifs is 3. The number of imide groups is 1. The highest BCUT2D eigenvalue weighted by atomic mass is 79.9. The molecule has 7 heteroatoms. The van der Waals surface area contributed by atoms with Crippen LogP contribution in [-0.4, -0.2) is 41.0 Å². The summed E-state index contributed by atoms with van der Waals surface area (Å²) in [5, 5.41) is 4.96. The summed E-state index contributed by atoms with van der Waals surface area (Å²) in [6, 6.07) is 14.4. The maximum Gasteiger partial charge on any atom is 0.253 e. The number of benzene rings is 2. The van der Waals surface area contributed by atoms with E-state index in [2.05, 4.69) is 25.9 Å². The van der Waals surface area contributed by atoms with E-state index in [0.717, 1.165) is 29.5 Å². The molecule has 0 bridgehead atoms. The number of hydrazine groups is 1. The van der Waals surface area contributed by atoms with E-state index in [4.69, 9.17) is 11.6 Å². The van der Waals surface area contributed by atoms with Crippen LogP contribution in [-0.2, 0) is 9.59 Å². The molecule has 27 heavy (non-hydrogen) atoms. The summed E-state index contributed by atoms with van der Waals surface area (Å²) in [7, 11) is 0. The van der Waals surface area contributed by atoms with Crippen LogP contribution in [0.3, 0.4) is 0 Å². The average Bonchev–Trinajstić information content (AvgIpc) is 3.30. The highest BCUT2D eigenvalue weighted by Gasteiger charge is 2.62. The quantitative estimate of drug-likeness (QED) is 0.661. The first-order valence-electron chi connectivity index (χ1n) is 8.99. The van der Waals surface area contributed by atoms with Gasteiger partial charge in [-0.05, 0) is 52.2 Å². The first-order valence-corrected chi connectivity index (χ1v) is 10.2. The lowest BCUT2D eigenvalue weighted by Crippen LogP contribution is -2.44. The van der Waals surface area contributed by atoms with E-state index in [9.17, 15) is 9.59 Å². The van der Waals surface area contributed by atoms with Crippen LogP contribution < -0.4 is 4.90 Å². The second-order valence-corrected chi connectivity index (χ2v) is 8.40. The molecule has 2 aromatic rings. The van der Waals surface area contributed by atoms with Crippen LogP contribution in [0.25, 0.3) is 0 Å². The molecular weight excluding hydrogens is 430 g/mol. The van der Waals surface area contributed by atoms with Crippen molar-refractivity contribution in [2.24, 2.45) is 5.92 Å². The molecule has 0 radical (unpaired) electrons. The lowest BCUT2D eigenvalue weighted by Gasteiger charge is -2.30. The van der Waals surface area contributed by atoms with Gasteiger partial charge in [0, 0.05) is 22.6 Å². The molecule has 2 aromatic carbocycles. The lowest BCUT2D eigenvalue weighted by atomic mass is 9.90. The number of nitrogens with zero attached hydrogens (tertiary/aromatic N) is 3. The van der Waals surface area contributed by atoms with Gasteiger partial charge in [-0.1, -0.05) is 35.9 Å². The zero-order chi connectivity index (χ0) is 18.7. The summed E-state index contributed by atoms with van der Waals surface area (Å²) in [6.07, 6.45) is 0.990. The van der Waals surface area contributed by atoms with Gasteiger partial charge in [-0.25, -0.2) is 14.9 Å². The van der Waals surface area contributed by atoms with Crippen LogP contribution >= 0.6 is 27.5 Å². The van der Waals surface area contributed by atoms with E-state index in [0.29, 0.717) is 10.7 Å². The molecule has 0 spiro atoms. The van der Waals surface area contributed by atoms with Gasteiger partial charge in [0.2, 0.25) is 5.91 Å². The molecule has 3 atom stereocenters. The van der Waals surface area contributed by atoms with Gasteiger partial charge in [0.15, 0.2) is 0 Å². The Morgan fingerprint density at radius 2 is 1.56 bits per heavy atom. The standard InChI is InChI=1S/C20H17BrClN3O2/c21-14-4-1-2-5-15(14)25-19(26)16-17(12-6-8-13(22)9-7-12)23-10-3-11-24(23)18(16)20(25)27/h1-2,4-9,16-18H,3,10-11H2/t16-,17-,18-/m0/s1. The molecular formula is C20H17BrClN3O2. The van der Waals surface area contributed by atoms with E-state index in [1.165, 1.54) is 4.90 Å². The Morgan fingerprint density at radius 1 is 0.889 bits per heavy atom. The molecule has 3 saturated heterocycles. The maximum atomic E-state index is 13.4. The molecule has 0 saturated carbocycles. The molecule has 2 amide bonds. The van der Waals surface area contributed by atoms with Crippen molar-refractivity contribution in [1.29, 1.82) is 0 Å². The van der Waals surface area contributed by atoms with Gasteiger partial charge < -0.3 is 0 Å². The zero-order valence-electron chi connectivity index (χ0n) is 14.4. The van der Waals surface area contributed by atoms with Crippen LogP contribution in [0, 0.1) is 5.92 Å². The molecule has 5 rings (SSSR count). The summed E-state index contributed by atoms with van der Waals surface area (Å²) in [5.74, 6) is -0.683. The van der Waals surface area contributed by atoms with Crippen LogP contribution in [0.5, 0.6) is 0 Å². The number of carbonyl (C=O) groups excluding carboxylic acids is 2. The molecule has 3 heterocycles. The molecule has 3 aliphatic heterocycles. The largest absolute Gasteiger partial charge is 0.274 e. The first-order chi connectivity index (χ1) is 13.1. The Bertz CT molecular complexity index is 935. The van der Waals surface area contributed by atoms with Gasteiger partial charge in [0.25, 0.3) is 5.91 Å². The highest BCUT2D eigenvalue weighted by Crippen LogP contribution is 2.49. The minimum absolute atomic E-state index is 0.133. The predicted molar refractivity (Wildman–Crippen MR) is 106 cm³/mol. The minimum Gasteiger partial charge on any atom is -0.274 e. The topological polar surface area (TPSA) is 43.9 Å². The summed E-state index contributed by atoms with van der Waals surface area (Å²) < 4.78 is 0.744. The van der Waals surface area contributed by atoms with Crippen molar-refractivity contribution in [2.45, 2.75) is 18.5 Å². The summed E-state index contributed by atoms with van der Waals surface area (Å²) >= 11 is 9.54. The monoisotopic (exact) mass is 445 g/mol. The van der Waals surface area contributed by atoms with Gasteiger partial charge in [-0.15, -0.1) is 0 Å². The Kier molecular flexibility index (Phi) is 4.13. The number of para-hydroxylation sites is 1. The fourth-order valence-corrected chi connectivity index (χ4v) is 5.23. The van der Waals surface area contributed by atoms with Gasteiger partial charge in [0.1, 0.15) is 6.04 Å². The number of amides is 2. The molecule has 0 N–H and O–H groups in total. The van der Waals surface area contributed by atoms with Crippen molar-refractivity contribution in [3.63, 3.8) is 0 Å². The molecule has 138 valence electrons. The van der Waals surface area contributed by atoms with Gasteiger partial charge in [-0.3, -0.25) is 9.59 Å². The lowest BCUT2D eigenvalue weighted by molar-refractivity contribution is -0.126. The highest BCUT2D eigenvalue weighted by molar-refractivity contribution is 9.10. The van der Waals surface area contributed by atoms with E-state index in [1.807, 2.05) is 42.5 Å².